The van der Waals surface area contributed by atoms with Crippen molar-refractivity contribution in [3.63, 3.8) is 0 Å². The zero-order valence-corrected chi connectivity index (χ0v) is 12.7. The Balaban J connectivity index is 2.28. The molecule has 2 aromatic rings. The van der Waals surface area contributed by atoms with Crippen LogP contribution in [0, 0.1) is 5.92 Å². The Morgan fingerprint density at radius 3 is 2.74 bits per heavy atom. The molecule has 1 aromatic heterocycles. The maximum atomic E-state index is 11.7. The molecule has 3 nitrogen and oxygen atoms in total. The summed E-state index contributed by atoms with van der Waals surface area (Å²) in [5, 5.41) is 3.55. The molecule has 0 radical (unpaired) electrons. The van der Waals surface area contributed by atoms with E-state index < -0.39 is 0 Å². The number of amides is 1. The zero-order valence-electron chi connectivity index (χ0n) is 11.9. The molecule has 1 aromatic carbocycles. The van der Waals surface area contributed by atoms with Gasteiger partial charge in [-0.05, 0) is 30.0 Å². The average Bonchev–Trinajstić information content (AvgIpc) is 2.78. The van der Waals surface area contributed by atoms with Crippen LogP contribution in [0.15, 0.2) is 18.2 Å². The van der Waals surface area contributed by atoms with Crippen LogP contribution in [0.1, 0.15) is 45.6 Å². The fourth-order valence-electron chi connectivity index (χ4n) is 1.79. The van der Waals surface area contributed by atoms with E-state index in [-0.39, 0.29) is 11.8 Å². The van der Waals surface area contributed by atoms with Crippen LogP contribution in [-0.4, -0.2) is 10.9 Å². The lowest BCUT2D eigenvalue weighted by Crippen LogP contribution is -2.17. The van der Waals surface area contributed by atoms with Crippen LogP contribution >= 0.6 is 11.3 Å². The fourth-order valence-corrected chi connectivity index (χ4v) is 2.70. The molecule has 102 valence electrons. The summed E-state index contributed by atoms with van der Waals surface area (Å²) in [6.45, 7) is 8.17. The topological polar surface area (TPSA) is 42.0 Å². The van der Waals surface area contributed by atoms with Crippen LogP contribution in [0.5, 0.6) is 0 Å². The number of fused-ring (bicyclic) bond motifs is 1. The van der Waals surface area contributed by atoms with E-state index in [1.54, 1.807) is 11.3 Å². The zero-order chi connectivity index (χ0) is 14.0. The van der Waals surface area contributed by atoms with E-state index in [9.17, 15) is 4.79 Å². The lowest BCUT2D eigenvalue weighted by atomic mass is 9.99. The number of carbonyl (C=O) groups is 1. The first-order valence-electron chi connectivity index (χ1n) is 6.72. The molecule has 0 spiro atoms. The first-order chi connectivity index (χ1) is 9.01. The monoisotopic (exact) mass is 276 g/mol. The normalized spacial score (nSPS) is 12.9. The summed E-state index contributed by atoms with van der Waals surface area (Å²) in [6, 6.07) is 6.36. The lowest BCUT2D eigenvalue weighted by molar-refractivity contribution is -0.118. The van der Waals surface area contributed by atoms with Gasteiger partial charge in [-0.3, -0.25) is 4.79 Å². The highest BCUT2D eigenvalue weighted by Gasteiger charge is 2.12. The Hall–Kier alpha value is -1.42. The number of rotatable bonds is 4. The molecule has 2 rings (SSSR count). The van der Waals surface area contributed by atoms with Gasteiger partial charge >= 0.3 is 0 Å². The Morgan fingerprint density at radius 1 is 1.37 bits per heavy atom. The molecule has 1 amide bonds. The van der Waals surface area contributed by atoms with E-state index in [2.05, 4.69) is 36.3 Å². The van der Waals surface area contributed by atoms with E-state index in [1.807, 2.05) is 19.9 Å². The van der Waals surface area contributed by atoms with Crippen molar-refractivity contribution in [3.05, 3.63) is 23.8 Å². The predicted octanol–water partition coefficient (Wildman–Crippen LogP) is 4.40. The van der Waals surface area contributed by atoms with E-state index in [0.29, 0.717) is 11.0 Å². The molecule has 0 saturated heterocycles. The maximum absolute atomic E-state index is 11.7. The van der Waals surface area contributed by atoms with Crippen molar-refractivity contribution in [2.24, 2.45) is 5.92 Å². The summed E-state index contributed by atoms with van der Waals surface area (Å²) >= 11 is 1.54. The SMILES string of the molecule is CCC(C)c1ccc2nc(NC(=O)C(C)C)sc2c1. The third kappa shape index (κ3) is 3.13. The molecule has 0 saturated carbocycles. The Kier molecular flexibility index (Phi) is 4.20. The smallest absolute Gasteiger partial charge is 0.228 e. The Bertz CT molecular complexity index is 589. The molecule has 0 aliphatic carbocycles. The summed E-state index contributed by atoms with van der Waals surface area (Å²) in [5.41, 5.74) is 2.29. The molecule has 19 heavy (non-hydrogen) atoms. The number of thiazole rings is 1. The summed E-state index contributed by atoms with van der Waals surface area (Å²) < 4.78 is 1.14. The molecule has 0 bridgehead atoms. The third-order valence-electron chi connectivity index (χ3n) is 3.35. The largest absolute Gasteiger partial charge is 0.302 e. The van der Waals surface area contributed by atoms with Crippen LogP contribution < -0.4 is 5.32 Å². The van der Waals surface area contributed by atoms with Gasteiger partial charge in [-0.15, -0.1) is 0 Å². The standard InChI is InChI=1S/C15H20N2OS/c1-5-10(4)11-6-7-12-13(8-11)19-15(16-12)17-14(18)9(2)3/h6-10H,5H2,1-4H3,(H,16,17,18). The van der Waals surface area contributed by atoms with Gasteiger partial charge in [0.2, 0.25) is 5.91 Å². The second kappa shape index (κ2) is 5.70. The highest BCUT2D eigenvalue weighted by Crippen LogP contribution is 2.30. The van der Waals surface area contributed by atoms with Crippen LogP contribution in [-0.2, 0) is 4.79 Å². The number of carbonyl (C=O) groups excluding carboxylic acids is 1. The highest BCUT2D eigenvalue weighted by molar-refractivity contribution is 7.22. The highest BCUT2D eigenvalue weighted by atomic mass is 32.1. The minimum Gasteiger partial charge on any atom is -0.302 e. The van der Waals surface area contributed by atoms with Gasteiger partial charge in [-0.25, -0.2) is 4.98 Å². The number of hydrogen-bond donors (Lipinski definition) is 1. The Morgan fingerprint density at radius 2 is 2.11 bits per heavy atom. The molecular formula is C15H20N2OS. The number of aromatic nitrogens is 1. The van der Waals surface area contributed by atoms with Gasteiger partial charge in [0.15, 0.2) is 5.13 Å². The van der Waals surface area contributed by atoms with Crippen LogP contribution in [0.4, 0.5) is 5.13 Å². The van der Waals surface area contributed by atoms with Gasteiger partial charge in [-0.1, -0.05) is 45.1 Å². The summed E-state index contributed by atoms with van der Waals surface area (Å²) in [7, 11) is 0. The molecule has 1 atom stereocenters. The lowest BCUT2D eigenvalue weighted by Gasteiger charge is -2.07. The van der Waals surface area contributed by atoms with E-state index in [4.69, 9.17) is 0 Å². The first kappa shape index (κ1) is 14.0. The van der Waals surface area contributed by atoms with E-state index in [1.165, 1.54) is 5.56 Å². The van der Waals surface area contributed by atoms with Crippen molar-refractivity contribution >= 4 is 32.6 Å². The van der Waals surface area contributed by atoms with Crippen molar-refractivity contribution in [3.8, 4) is 0 Å². The Labute approximate surface area is 118 Å². The molecule has 4 heteroatoms. The van der Waals surface area contributed by atoms with Gasteiger partial charge < -0.3 is 5.32 Å². The fraction of sp³-hybridized carbons (Fsp3) is 0.467. The molecule has 0 aliphatic rings. The number of nitrogens with zero attached hydrogens (tertiary/aromatic N) is 1. The molecular weight excluding hydrogens is 256 g/mol. The second-order valence-corrected chi connectivity index (χ2v) is 6.23. The molecule has 1 N–H and O–H groups in total. The van der Waals surface area contributed by atoms with Gasteiger partial charge in [0.25, 0.3) is 0 Å². The van der Waals surface area contributed by atoms with Crippen molar-refractivity contribution < 1.29 is 4.79 Å². The van der Waals surface area contributed by atoms with Crippen LogP contribution in [0.3, 0.4) is 0 Å². The predicted molar refractivity (Wildman–Crippen MR) is 81.8 cm³/mol. The number of hydrogen-bond acceptors (Lipinski definition) is 3. The van der Waals surface area contributed by atoms with E-state index in [0.717, 1.165) is 16.6 Å². The minimum absolute atomic E-state index is 0.0150. The summed E-state index contributed by atoms with van der Waals surface area (Å²) in [5.74, 6) is 0.545. The average molecular weight is 276 g/mol. The van der Waals surface area contributed by atoms with Gasteiger partial charge in [-0.2, -0.15) is 0 Å². The van der Waals surface area contributed by atoms with Gasteiger partial charge in [0.05, 0.1) is 10.2 Å². The summed E-state index contributed by atoms with van der Waals surface area (Å²) in [4.78, 5) is 16.1. The van der Waals surface area contributed by atoms with Crippen molar-refractivity contribution in [1.82, 2.24) is 4.98 Å². The number of nitrogens with one attached hydrogen (secondary N) is 1. The summed E-state index contributed by atoms with van der Waals surface area (Å²) in [6.07, 6.45) is 1.13. The third-order valence-corrected chi connectivity index (χ3v) is 4.28. The van der Waals surface area contributed by atoms with Crippen LogP contribution in [0.25, 0.3) is 10.2 Å². The quantitative estimate of drug-likeness (QED) is 0.899. The molecule has 1 heterocycles. The second-order valence-electron chi connectivity index (χ2n) is 5.20. The molecule has 0 fully saturated rings. The minimum atomic E-state index is -0.0253. The van der Waals surface area contributed by atoms with Gasteiger partial charge in [0.1, 0.15) is 0 Å². The first-order valence-corrected chi connectivity index (χ1v) is 7.54. The maximum Gasteiger partial charge on any atom is 0.228 e. The molecule has 1 unspecified atom stereocenters. The van der Waals surface area contributed by atoms with Gasteiger partial charge in [0, 0.05) is 5.92 Å². The van der Waals surface area contributed by atoms with Crippen molar-refractivity contribution in [1.29, 1.82) is 0 Å². The van der Waals surface area contributed by atoms with Crippen molar-refractivity contribution in [2.75, 3.05) is 5.32 Å². The van der Waals surface area contributed by atoms with Crippen molar-refractivity contribution in [2.45, 2.75) is 40.0 Å². The molecule has 0 aliphatic heterocycles. The number of benzene rings is 1. The number of anilines is 1. The van der Waals surface area contributed by atoms with E-state index >= 15 is 0 Å². The van der Waals surface area contributed by atoms with Crippen LogP contribution in [0.2, 0.25) is 0 Å².